The maximum absolute atomic E-state index is 5.59. The maximum atomic E-state index is 5.59. The van der Waals surface area contributed by atoms with E-state index in [4.69, 9.17) is 4.74 Å². The van der Waals surface area contributed by atoms with Crippen LogP contribution < -0.4 is 10.1 Å². The van der Waals surface area contributed by atoms with E-state index in [1.807, 2.05) is 43.3 Å². The Morgan fingerprint density at radius 2 is 2.05 bits per heavy atom. The van der Waals surface area contributed by atoms with E-state index in [0.29, 0.717) is 6.61 Å². The molecule has 1 heterocycles. The van der Waals surface area contributed by atoms with Crippen molar-refractivity contribution in [3.05, 3.63) is 59.7 Å². The molecular formula is C18H17N3O. The molecule has 0 saturated carbocycles. The zero-order valence-corrected chi connectivity index (χ0v) is 12.4. The van der Waals surface area contributed by atoms with Crippen molar-refractivity contribution in [3.63, 3.8) is 0 Å². The fourth-order valence-electron chi connectivity index (χ4n) is 2.93. The molecule has 0 amide bonds. The standard InChI is InChI=1S/C18H17N3O/c1-2-22-14-8-9-15-12(10-14)11-16-17(15)20-21-18(16)19-13-6-4-3-5-7-13/h3-10H,2,11H2,1H3,(H2,19,20,21). The second-order valence-electron chi connectivity index (χ2n) is 5.35. The van der Waals surface area contributed by atoms with Crippen LogP contribution in [0, 0.1) is 0 Å². The van der Waals surface area contributed by atoms with Crippen molar-refractivity contribution in [1.29, 1.82) is 0 Å². The van der Waals surface area contributed by atoms with E-state index in [1.54, 1.807) is 0 Å². The maximum Gasteiger partial charge on any atom is 0.156 e. The normalized spacial score (nSPS) is 11.9. The first kappa shape index (κ1) is 13.0. The number of hydrogen-bond acceptors (Lipinski definition) is 3. The quantitative estimate of drug-likeness (QED) is 0.594. The zero-order chi connectivity index (χ0) is 14.9. The summed E-state index contributed by atoms with van der Waals surface area (Å²) >= 11 is 0. The molecule has 0 radical (unpaired) electrons. The lowest BCUT2D eigenvalue weighted by molar-refractivity contribution is 0.340. The van der Waals surface area contributed by atoms with Crippen LogP contribution in [0.5, 0.6) is 5.75 Å². The van der Waals surface area contributed by atoms with Crippen LogP contribution in [0.1, 0.15) is 18.1 Å². The molecule has 0 aliphatic heterocycles. The summed E-state index contributed by atoms with van der Waals surface area (Å²) in [6.07, 6.45) is 0.872. The monoisotopic (exact) mass is 291 g/mol. The Morgan fingerprint density at radius 1 is 1.18 bits per heavy atom. The van der Waals surface area contributed by atoms with E-state index < -0.39 is 0 Å². The number of nitrogens with one attached hydrogen (secondary N) is 2. The number of nitrogens with zero attached hydrogens (tertiary/aromatic N) is 1. The molecule has 4 heteroatoms. The topological polar surface area (TPSA) is 49.9 Å². The molecule has 0 saturated heterocycles. The number of fused-ring (bicyclic) bond motifs is 3. The van der Waals surface area contributed by atoms with Gasteiger partial charge in [-0.15, -0.1) is 0 Å². The molecule has 2 aromatic carbocycles. The van der Waals surface area contributed by atoms with Crippen LogP contribution in [0.3, 0.4) is 0 Å². The highest BCUT2D eigenvalue weighted by Gasteiger charge is 2.24. The van der Waals surface area contributed by atoms with Crippen molar-refractivity contribution in [2.75, 3.05) is 11.9 Å². The lowest BCUT2D eigenvalue weighted by atomic mass is 10.1. The summed E-state index contributed by atoms with van der Waals surface area (Å²) in [7, 11) is 0. The summed E-state index contributed by atoms with van der Waals surface area (Å²) in [5, 5.41) is 11.0. The summed E-state index contributed by atoms with van der Waals surface area (Å²) in [5.74, 6) is 1.83. The van der Waals surface area contributed by atoms with Gasteiger partial charge in [-0.25, -0.2) is 0 Å². The number of hydrogen-bond donors (Lipinski definition) is 2. The number of rotatable bonds is 4. The van der Waals surface area contributed by atoms with E-state index in [9.17, 15) is 0 Å². The van der Waals surface area contributed by atoms with E-state index in [1.165, 1.54) is 16.7 Å². The third-order valence-corrected chi connectivity index (χ3v) is 3.93. The molecule has 0 atom stereocenters. The Hall–Kier alpha value is -2.75. The van der Waals surface area contributed by atoms with E-state index in [2.05, 4.69) is 27.6 Å². The van der Waals surface area contributed by atoms with Crippen LogP contribution in [0.15, 0.2) is 48.5 Å². The molecule has 0 unspecified atom stereocenters. The lowest BCUT2D eigenvalue weighted by Crippen LogP contribution is -1.95. The second kappa shape index (κ2) is 5.22. The van der Waals surface area contributed by atoms with Crippen molar-refractivity contribution in [1.82, 2.24) is 10.2 Å². The minimum absolute atomic E-state index is 0.687. The number of aromatic amines is 1. The van der Waals surface area contributed by atoms with Crippen LogP contribution in [0.25, 0.3) is 11.3 Å². The second-order valence-corrected chi connectivity index (χ2v) is 5.35. The molecule has 1 aliphatic rings. The van der Waals surface area contributed by atoms with Crippen molar-refractivity contribution in [2.45, 2.75) is 13.3 Å². The minimum atomic E-state index is 0.687. The highest BCUT2D eigenvalue weighted by molar-refractivity contribution is 5.80. The summed E-state index contributed by atoms with van der Waals surface area (Å²) in [5.41, 5.74) is 5.87. The first-order valence-corrected chi connectivity index (χ1v) is 7.50. The Bertz CT molecular complexity index is 808. The van der Waals surface area contributed by atoms with Gasteiger partial charge < -0.3 is 10.1 Å². The van der Waals surface area contributed by atoms with E-state index >= 15 is 0 Å². The SMILES string of the molecule is CCOc1ccc2c(c1)Cc1c(Nc3ccccc3)n[nH]c1-2. The van der Waals surface area contributed by atoms with Gasteiger partial charge in [-0.1, -0.05) is 18.2 Å². The molecule has 1 aliphatic carbocycles. The Balaban J connectivity index is 1.66. The van der Waals surface area contributed by atoms with Crippen molar-refractivity contribution in [2.24, 2.45) is 0 Å². The average molecular weight is 291 g/mol. The molecule has 110 valence electrons. The van der Waals surface area contributed by atoms with Crippen molar-refractivity contribution < 1.29 is 4.74 Å². The fourth-order valence-corrected chi connectivity index (χ4v) is 2.93. The fraction of sp³-hybridized carbons (Fsp3) is 0.167. The average Bonchev–Trinajstić information content (AvgIpc) is 3.08. The van der Waals surface area contributed by atoms with Crippen LogP contribution in [-0.4, -0.2) is 16.8 Å². The highest BCUT2D eigenvalue weighted by atomic mass is 16.5. The van der Waals surface area contributed by atoms with Gasteiger partial charge in [0.2, 0.25) is 0 Å². The van der Waals surface area contributed by atoms with E-state index in [-0.39, 0.29) is 0 Å². The zero-order valence-electron chi connectivity index (χ0n) is 12.4. The van der Waals surface area contributed by atoms with Crippen molar-refractivity contribution >= 4 is 11.5 Å². The molecule has 0 bridgehead atoms. The number of para-hydroxylation sites is 1. The third kappa shape index (κ3) is 2.13. The lowest BCUT2D eigenvalue weighted by Gasteiger charge is -2.06. The van der Waals surface area contributed by atoms with Gasteiger partial charge in [0, 0.05) is 23.2 Å². The van der Waals surface area contributed by atoms with Gasteiger partial charge in [0.1, 0.15) is 5.75 Å². The third-order valence-electron chi connectivity index (χ3n) is 3.93. The molecule has 3 aromatic rings. The molecule has 4 nitrogen and oxygen atoms in total. The van der Waals surface area contributed by atoms with Crippen LogP contribution in [0.2, 0.25) is 0 Å². The van der Waals surface area contributed by atoms with Gasteiger partial charge in [0.25, 0.3) is 0 Å². The molecule has 0 spiro atoms. The molecular weight excluding hydrogens is 274 g/mol. The molecule has 1 aromatic heterocycles. The minimum Gasteiger partial charge on any atom is -0.494 e. The number of H-pyrrole nitrogens is 1. The summed E-state index contributed by atoms with van der Waals surface area (Å²) in [6, 6.07) is 16.4. The highest BCUT2D eigenvalue weighted by Crippen LogP contribution is 2.40. The van der Waals surface area contributed by atoms with Gasteiger partial charge in [-0.2, -0.15) is 5.10 Å². The Kier molecular flexibility index (Phi) is 3.07. The largest absolute Gasteiger partial charge is 0.494 e. The first-order valence-electron chi connectivity index (χ1n) is 7.50. The summed E-state index contributed by atoms with van der Waals surface area (Å²) in [6.45, 7) is 2.69. The molecule has 0 fully saturated rings. The Labute approximate surface area is 129 Å². The van der Waals surface area contributed by atoms with Gasteiger partial charge in [-0.05, 0) is 42.8 Å². The van der Waals surface area contributed by atoms with Gasteiger partial charge in [0.15, 0.2) is 5.82 Å². The van der Waals surface area contributed by atoms with Crippen LogP contribution in [0.4, 0.5) is 11.5 Å². The number of benzene rings is 2. The summed E-state index contributed by atoms with van der Waals surface area (Å²) in [4.78, 5) is 0. The Morgan fingerprint density at radius 3 is 2.86 bits per heavy atom. The number of anilines is 2. The first-order chi connectivity index (χ1) is 10.8. The smallest absolute Gasteiger partial charge is 0.156 e. The van der Waals surface area contributed by atoms with E-state index in [0.717, 1.165) is 29.4 Å². The molecule has 2 N–H and O–H groups in total. The predicted molar refractivity (Wildman–Crippen MR) is 87.7 cm³/mol. The molecule has 22 heavy (non-hydrogen) atoms. The predicted octanol–water partition coefficient (Wildman–Crippen LogP) is 4.12. The van der Waals surface area contributed by atoms with Crippen LogP contribution >= 0.6 is 0 Å². The van der Waals surface area contributed by atoms with Crippen LogP contribution in [-0.2, 0) is 6.42 Å². The van der Waals surface area contributed by atoms with Gasteiger partial charge in [-0.3, -0.25) is 5.10 Å². The van der Waals surface area contributed by atoms with Gasteiger partial charge >= 0.3 is 0 Å². The summed E-state index contributed by atoms with van der Waals surface area (Å²) < 4.78 is 5.59. The van der Waals surface area contributed by atoms with Gasteiger partial charge in [0.05, 0.1) is 12.3 Å². The van der Waals surface area contributed by atoms with Crippen molar-refractivity contribution in [3.8, 4) is 17.0 Å². The molecule has 4 rings (SSSR count). The number of aromatic nitrogens is 2. The number of ether oxygens (including phenoxy) is 1.